The van der Waals surface area contributed by atoms with Gasteiger partial charge in [-0.2, -0.15) is 0 Å². The topological polar surface area (TPSA) is 73.8 Å². The third kappa shape index (κ3) is 7.66. The van der Waals surface area contributed by atoms with Gasteiger partial charge in [0.2, 0.25) is 0 Å². The van der Waals surface area contributed by atoms with Crippen molar-refractivity contribution in [3.05, 3.63) is 0 Å². The van der Waals surface area contributed by atoms with Crippen molar-refractivity contribution in [2.45, 2.75) is 51.2 Å². The van der Waals surface area contributed by atoms with Crippen LogP contribution in [0.5, 0.6) is 0 Å². The number of likely N-dealkylation sites (N-methyl/N-ethyl adjacent to an activating group) is 1. The monoisotopic (exact) mass is 318 g/mol. The van der Waals surface area contributed by atoms with Gasteiger partial charge in [-0.05, 0) is 40.2 Å². The van der Waals surface area contributed by atoms with Gasteiger partial charge in [0.05, 0.1) is 5.75 Å². The van der Waals surface area contributed by atoms with Crippen LogP contribution in [0.15, 0.2) is 4.99 Å². The molecule has 0 amide bonds. The van der Waals surface area contributed by atoms with Crippen LogP contribution in [0, 0.1) is 0 Å². The molecular formula is C14H30N4O2S. The third-order valence-corrected chi connectivity index (χ3v) is 4.89. The second-order valence-electron chi connectivity index (χ2n) is 6.16. The van der Waals surface area contributed by atoms with Gasteiger partial charge >= 0.3 is 0 Å². The molecule has 0 bridgehead atoms. The van der Waals surface area contributed by atoms with Crippen molar-refractivity contribution in [3.63, 3.8) is 0 Å². The predicted molar refractivity (Wildman–Crippen MR) is 88.5 cm³/mol. The van der Waals surface area contributed by atoms with E-state index in [0.29, 0.717) is 12.5 Å². The molecule has 124 valence electrons. The summed E-state index contributed by atoms with van der Waals surface area (Å²) in [5, 5.41) is 6.54. The summed E-state index contributed by atoms with van der Waals surface area (Å²) in [4.78, 5) is 6.59. The number of rotatable bonds is 8. The molecule has 0 aromatic carbocycles. The summed E-state index contributed by atoms with van der Waals surface area (Å²) in [6, 6.07) is 1.26. The van der Waals surface area contributed by atoms with Crippen molar-refractivity contribution < 1.29 is 8.42 Å². The molecule has 0 radical (unpaired) electrons. The first-order chi connectivity index (χ1) is 9.73. The summed E-state index contributed by atoms with van der Waals surface area (Å²) >= 11 is 0. The molecule has 0 saturated heterocycles. The van der Waals surface area contributed by atoms with Crippen LogP contribution in [0.2, 0.25) is 0 Å². The smallest absolute Gasteiger partial charge is 0.191 e. The Bertz CT molecular complexity index is 446. The third-order valence-electron chi connectivity index (χ3n) is 3.91. The minimum absolute atomic E-state index is 0.0717. The van der Waals surface area contributed by atoms with Crippen molar-refractivity contribution in [3.8, 4) is 0 Å². The van der Waals surface area contributed by atoms with Crippen LogP contribution in [0.3, 0.4) is 0 Å². The normalized spacial score (nSPS) is 19.4. The maximum atomic E-state index is 11.2. The van der Waals surface area contributed by atoms with Crippen LogP contribution >= 0.6 is 0 Å². The molecule has 0 heterocycles. The summed E-state index contributed by atoms with van der Waals surface area (Å²) in [5.41, 5.74) is 0. The fraction of sp³-hybridized carbons (Fsp3) is 0.929. The molecule has 2 unspecified atom stereocenters. The van der Waals surface area contributed by atoms with E-state index in [0.717, 1.165) is 18.5 Å². The van der Waals surface area contributed by atoms with Gasteiger partial charge < -0.3 is 10.6 Å². The van der Waals surface area contributed by atoms with E-state index >= 15 is 0 Å². The largest absolute Gasteiger partial charge is 0.355 e. The molecule has 1 aliphatic rings. The van der Waals surface area contributed by atoms with Crippen molar-refractivity contribution in [1.82, 2.24) is 15.5 Å². The maximum Gasteiger partial charge on any atom is 0.191 e. The number of guanidine groups is 1. The van der Waals surface area contributed by atoms with Gasteiger partial charge in [0.25, 0.3) is 0 Å². The van der Waals surface area contributed by atoms with E-state index in [9.17, 15) is 8.42 Å². The summed E-state index contributed by atoms with van der Waals surface area (Å²) in [6.07, 6.45) is 4.45. The fourth-order valence-electron chi connectivity index (χ4n) is 2.12. The standard InChI is InChI=1S/C14H30N4O2S/c1-11(8-9-21(5,19)20)17-14(15-3)16-10-12(2)18(4)13-6-7-13/h11-13H,6-10H2,1-5H3,(H2,15,16,17). The minimum atomic E-state index is -2.91. The summed E-state index contributed by atoms with van der Waals surface area (Å²) < 4.78 is 22.3. The molecular weight excluding hydrogens is 288 g/mol. The number of hydrogen-bond acceptors (Lipinski definition) is 4. The maximum absolute atomic E-state index is 11.2. The second-order valence-corrected chi connectivity index (χ2v) is 8.42. The Kier molecular flexibility index (Phi) is 6.93. The summed E-state index contributed by atoms with van der Waals surface area (Å²) in [7, 11) is 0.983. The van der Waals surface area contributed by atoms with Gasteiger partial charge in [-0.3, -0.25) is 9.89 Å². The number of hydrogen-bond donors (Lipinski definition) is 2. The van der Waals surface area contributed by atoms with E-state index < -0.39 is 9.84 Å². The Morgan fingerprint density at radius 1 is 1.38 bits per heavy atom. The van der Waals surface area contributed by atoms with Gasteiger partial charge in [-0.1, -0.05) is 0 Å². The highest BCUT2D eigenvalue weighted by Crippen LogP contribution is 2.26. The van der Waals surface area contributed by atoms with Gasteiger partial charge in [0.1, 0.15) is 9.84 Å². The zero-order valence-corrected chi connectivity index (χ0v) is 14.7. The lowest BCUT2D eigenvalue weighted by atomic mass is 10.2. The molecule has 0 aliphatic heterocycles. The molecule has 6 nitrogen and oxygen atoms in total. The Labute approximate surface area is 129 Å². The average Bonchev–Trinajstić information content (AvgIpc) is 3.23. The zero-order chi connectivity index (χ0) is 16.0. The fourth-order valence-corrected chi connectivity index (χ4v) is 2.90. The Morgan fingerprint density at radius 2 is 2.00 bits per heavy atom. The van der Waals surface area contributed by atoms with Crippen molar-refractivity contribution in [1.29, 1.82) is 0 Å². The molecule has 1 saturated carbocycles. The first-order valence-electron chi connectivity index (χ1n) is 7.59. The van der Waals surface area contributed by atoms with Crippen molar-refractivity contribution in [2.24, 2.45) is 4.99 Å². The highest BCUT2D eigenvalue weighted by molar-refractivity contribution is 7.90. The molecule has 0 aromatic heterocycles. The molecule has 1 aliphatic carbocycles. The number of nitrogens with zero attached hydrogens (tertiary/aromatic N) is 2. The van der Waals surface area contributed by atoms with Crippen molar-refractivity contribution >= 4 is 15.8 Å². The molecule has 2 atom stereocenters. The highest BCUT2D eigenvalue weighted by atomic mass is 32.2. The van der Waals surface area contributed by atoms with Crippen LogP contribution in [0.25, 0.3) is 0 Å². The number of nitrogens with one attached hydrogen (secondary N) is 2. The molecule has 1 fully saturated rings. The Hall–Kier alpha value is -0.820. The lowest BCUT2D eigenvalue weighted by Gasteiger charge is -2.26. The molecule has 1 rings (SSSR count). The van der Waals surface area contributed by atoms with E-state index in [1.54, 1.807) is 7.05 Å². The Balaban J connectivity index is 2.30. The van der Waals surface area contributed by atoms with Gasteiger partial charge in [0, 0.05) is 38.0 Å². The Morgan fingerprint density at radius 3 is 2.48 bits per heavy atom. The summed E-state index contributed by atoms with van der Waals surface area (Å²) in [5.74, 6) is 0.922. The van der Waals surface area contributed by atoms with Crippen LogP contribution in [0.4, 0.5) is 0 Å². The molecule has 0 spiro atoms. The van der Waals surface area contributed by atoms with Crippen LogP contribution in [0.1, 0.15) is 33.1 Å². The molecule has 21 heavy (non-hydrogen) atoms. The molecule has 7 heteroatoms. The zero-order valence-electron chi connectivity index (χ0n) is 13.9. The molecule has 2 N–H and O–H groups in total. The average molecular weight is 318 g/mol. The highest BCUT2D eigenvalue weighted by Gasteiger charge is 2.29. The van der Waals surface area contributed by atoms with Gasteiger partial charge in [-0.15, -0.1) is 0 Å². The van der Waals surface area contributed by atoms with Crippen LogP contribution in [-0.2, 0) is 9.84 Å². The minimum Gasteiger partial charge on any atom is -0.355 e. The lowest BCUT2D eigenvalue weighted by molar-refractivity contribution is 0.247. The SMILES string of the molecule is CN=C(NCC(C)N(C)C1CC1)NC(C)CCS(C)(=O)=O. The van der Waals surface area contributed by atoms with E-state index in [1.807, 2.05) is 6.92 Å². The van der Waals surface area contributed by atoms with Gasteiger partial charge in [0.15, 0.2) is 5.96 Å². The predicted octanol–water partition coefficient (Wildman–Crippen LogP) is 0.457. The van der Waals surface area contributed by atoms with Crippen LogP contribution in [-0.4, -0.2) is 70.1 Å². The number of aliphatic imine (C=N–C) groups is 1. The lowest BCUT2D eigenvalue weighted by Crippen LogP contribution is -2.47. The van der Waals surface area contributed by atoms with Crippen LogP contribution < -0.4 is 10.6 Å². The van der Waals surface area contributed by atoms with E-state index in [2.05, 4.69) is 34.5 Å². The van der Waals surface area contributed by atoms with E-state index in [4.69, 9.17) is 0 Å². The first kappa shape index (κ1) is 18.2. The van der Waals surface area contributed by atoms with Gasteiger partial charge in [-0.25, -0.2) is 8.42 Å². The van der Waals surface area contributed by atoms with Crippen molar-refractivity contribution in [2.75, 3.05) is 32.6 Å². The quantitative estimate of drug-likeness (QED) is 0.502. The van der Waals surface area contributed by atoms with E-state index in [-0.39, 0.29) is 11.8 Å². The second kappa shape index (κ2) is 7.98. The van der Waals surface area contributed by atoms with E-state index in [1.165, 1.54) is 19.1 Å². The first-order valence-corrected chi connectivity index (χ1v) is 9.66. The molecule has 0 aromatic rings. The number of sulfone groups is 1. The summed E-state index contributed by atoms with van der Waals surface area (Å²) in [6.45, 7) is 4.99.